The Morgan fingerprint density at radius 1 is 1.07 bits per heavy atom. The molecule has 3 aromatic rings. The highest BCUT2D eigenvalue weighted by Gasteiger charge is 2.22. The highest BCUT2D eigenvalue weighted by Crippen LogP contribution is 2.36. The van der Waals surface area contributed by atoms with Gasteiger partial charge in [-0.15, -0.1) is 11.3 Å². The van der Waals surface area contributed by atoms with E-state index in [0.717, 1.165) is 16.7 Å². The van der Waals surface area contributed by atoms with Crippen LogP contribution in [0.25, 0.3) is 11.1 Å². The molecule has 1 amide bonds. The quantitative estimate of drug-likeness (QED) is 0.577. The summed E-state index contributed by atoms with van der Waals surface area (Å²) in [7, 11) is 0. The fraction of sp³-hybridized carbons (Fsp3) is 0.182. The number of carbonyl (C=O) groups excluding carboxylic acids is 2. The number of benzene rings is 2. The average Bonchev–Trinajstić information content (AvgIpc) is 3.11. The van der Waals surface area contributed by atoms with Crippen LogP contribution in [0.5, 0.6) is 5.75 Å². The van der Waals surface area contributed by atoms with E-state index in [-0.39, 0.29) is 19.1 Å². The van der Waals surface area contributed by atoms with Crippen molar-refractivity contribution in [3.63, 3.8) is 0 Å². The second kappa shape index (κ2) is 9.19. The first-order valence-corrected chi connectivity index (χ1v) is 9.79. The van der Waals surface area contributed by atoms with E-state index in [1.807, 2.05) is 60.8 Å². The zero-order valence-electron chi connectivity index (χ0n) is 15.7. The Bertz CT molecular complexity index is 966. The fourth-order valence-electron chi connectivity index (χ4n) is 2.70. The summed E-state index contributed by atoms with van der Waals surface area (Å²) in [6.45, 7) is 3.81. The van der Waals surface area contributed by atoms with Gasteiger partial charge in [-0.05, 0) is 37.1 Å². The largest absolute Gasteiger partial charge is 0.484 e. The number of esters is 1. The van der Waals surface area contributed by atoms with E-state index < -0.39 is 5.97 Å². The molecule has 0 aliphatic rings. The zero-order valence-corrected chi connectivity index (χ0v) is 16.5. The number of hydrogen-bond donors (Lipinski definition) is 1. The first-order valence-electron chi connectivity index (χ1n) is 8.92. The number of anilines is 1. The molecule has 1 N–H and O–H groups in total. The van der Waals surface area contributed by atoms with E-state index in [2.05, 4.69) is 5.32 Å². The van der Waals surface area contributed by atoms with Crippen LogP contribution in [0, 0.1) is 6.92 Å². The Morgan fingerprint density at radius 2 is 1.86 bits per heavy atom. The average molecular weight is 395 g/mol. The molecule has 144 valence electrons. The lowest BCUT2D eigenvalue weighted by Crippen LogP contribution is -2.21. The van der Waals surface area contributed by atoms with Gasteiger partial charge in [0, 0.05) is 10.9 Å². The van der Waals surface area contributed by atoms with E-state index in [0.29, 0.717) is 16.3 Å². The van der Waals surface area contributed by atoms with E-state index >= 15 is 0 Å². The molecular weight excluding hydrogens is 374 g/mol. The van der Waals surface area contributed by atoms with Gasteiger partial charge in [-0.3, -0.25) is 4.79 Å². The monoisotopic (exact) mass is 395 g/mol. The van der Waals surface area contributed by atoms with Crippen molar-refractivity contribution in [2.45, 2.75) is 13.8 Å². The minimum absolute atomic E-state index is 0.149. The van der Waals surface area contributed by atoms with E-state index in [9.17, 15) is 9.59 Å². The number of rotatable bonds is 7. The van der Waals surface area contributed by atoms with Gasteiger partial charge in [0.2, 0.25) is 0 Å². The summed E-state index contributed by atoms with van der Waals surface area (Å²) in [6, 6.07) is 17.0. The van der Waals surface area contributed by atoms with Gasteiger partial charge in [0.25, 0.3) is 5.91 Å². The smallest absolute Gasteiger partial charge is 0.341 e. The van der Waals surface area contributed by atoms with Crippen LogP contribution in [0.15, 0.2) is 60.0 Å². The maximum absolute atomic E-state index is 12.5. The van der Waals surface area contributed by atoms with Crippen LogP contribution in [0.2, 0.25) is 0 Å². The molecule has 0 saturated carbocycles. The molecule has 2 aromatic carbocycles. The SMILES string of the molecule is CCOC(=O)c1c(-c2ccccc2)csc1NC(=O)COc1cccc(C)c1. The second-order valence-corrected chi connectivity index (χ2v) is 6.97. The van der Waals surface area contributed by atoms with Crippen LogP contribution < -0.4 is 10.1 Å². The van der Waals surface area contributed by atoms with Crippen LogP contribution in [0.3, 0.4) is 0 Å². The van der Waals surface area contributed by atoms with Crippen LogP contribution in [0.1, 0.15) is 22.8 Å². The molecule has 0 unspecified atom stereocenters. The van der Waals surface area contributed by atoms with Crippen molar-refractivity contribution >= 4 is 28.2 Å². The summed E-state index contributed by atoms with van der Waals surface area (Å²) >= 11 is 1.29. The third-order valence-corrected chi connectivity index (χ3v) is 4.86. The van der Waals surface area contributed by atoms with Crippen LogP contribution in [-0.2, 0) is 9.53 Å². The van der Waals surface area contributed by atoms with Gasteiger partial charge in [-0.2, -0.15) is 0 Å². The highest BCUT2D eigenvalue weighted by atomic mass is 32.1. The molecule has 0 fully saturated rings. The topological polar surface area (TPSA) is 64.6 Å². The lowest BCUT2D eigenvalue weighted by molar-refractivity contribution is -0.118. The molecule has 3 rings (SSSR count). The molecule has 0 aliphatic carbocycles. The molecule has 0 atom stereocenters. The standard InChI is InChI=1S/C22H21NO4S/c1-3-26-22(25)20-18(16-9-5-4-6-10-16)14-28-21(20)23-19(24)13-27-17-11-7-8-15(2)12-17/h4-12,14H,3,13H2,1-2H3,(H,23,24). The Labute approximate surface area is 167 Å². The lowest BCUT2D eigenvalue weighted by Gasteiger charge is -2.10. The van der Waals surface area contributed by atoms with Crippen molar-refractivity contribution in [1.29, 1.82) is 0 Å². The third kappa shape index (κ3) is 4.78. The van der Waals surface area contributed by atoms with Gasteiger partial charge >= 0.3 is 5.97 Å². The number of hydrogen-bond acceptors (Lipinski definition) is 5. The van der Waals surface area contributed by atoms with Crippen molar-refractivity contribution in [3.05, 3.63) is 71.1 Å². The van der Waals surface area contributed by atoms with Gasteiger partial charge < -0.3 is 14.8 Å². The predicted octanol–water partition coefficient (Wildman–Crippen LogP) is 4.92. The fourth-order valence-corrected chi connectivity index (χ4v) is 3.68. The molecule has 6 heteroatoms. The molecule has 0 aliphatic heterocycles. The molecule has 28 heavy (non-hydrogen) atoms. The molecule has 1 aromatic heterocycles. The van der Waals surface area contributed by atoms with Gasteiger partial charge in [0.15, 0.2) is 6.61 Å². The molecule has 0 radical (unpaired) electrons. The number of carbonyl (C=O) groups is 2. The minimum Gasteiger partial charge on any atom is -0.484 e. The van der Waals surface area contributed by atoms with Crippen LogP contribution in [-0.4, -0.2) is 25.1 Å². The summed E-state index contributed by atoms with van der Waals surface area (Å²) in [5.41, 5.74) is 3.03. The van der Waals surface area contributed by atoms with Crippen molar-refractivity contribution in [3.8, 4) is 16.9 Å². The van der Waals surface area contributed by atoms with Crippen molar-refractivity contribution < 1.29 is 19.1 Å². The van der Waals surface area contributed by atoms with Crippen molar-refractivity contribution in [1.82, 2.24) is 0 Å². The summed E-state index contributed by atoms with van der Waals surface area (Å²) in [6.07, 6.45) is 0. The van der Waals surface area contributed by atoms with Crippen LogP contribution >= 0.6 is 11.3 Å². The number of nitrogens with one attached hydrogen (secondary N) is 1. The number of aryl methyl sites for hydroxylation is 1. The number of thiophene rings is 1. The lowest BCUT2D eigenvalue weighted by atomic mass is 10.0. The zero-order chi connectivity index (χ0) is 19.9. The van der Waals surface area contributed by atoms with Gasteiger partial charge in [0.05, 0.1) is 6.61 Å². The molecule has 1 heterocycles. The van der Waals surface area contributed by atoms with Crippen molar-refractivity contribution in [2.75, 3.05) is 18.5 Å². The Morgan fingerprint density at radius 3 is 2.57 bits per heavy atom. The highest BCUT2D eigenvalue weighted by molar-refractivity contribution is 7.15. The Balaban J connectivity index is 1.78. The molecule has 5 nitrogen and oxygen atoms in total. The molecule has 0 saturated heterocycles. The van der Waals surface area contributed by atoms with E-state index in [1.165, 1.54) is 11.3 Å². The van der Waals surface area contributed by atoms with Gasteiger partial charge in [-0.25, -0.2) is 4.79 Å². The molecular formula is C22H21NO4S. The first-order chi connectivity index (χ1) is 13.6. The first kappa shape index (κ1) is 19.6. The summed E-state index contributed by atoms with van der Waals surface area (Å²) in [5, 5.41) is 5.08. The number of amides is 1. The third-order valence-electron chi connectivity index (χ3n) is 3.97. The predicted molar refractivity (Wildman–Crippen MR) is 111 cm³/mol. The normalized spacial score (nSPS) is 10.4. The summed E-state index contributed by atoms with van der Waals surface area (Å²) in [4.78, 5) is 24.9. The minimum atomic E-state index is -0.461. The summed E-state index contributed by atoms with van der Waals surface area (Å²) < 4.78 is 10.7. The van der Waals surface area contributed by atoms with Crippen LogP contribution in [0.4, 0.5) is 5.00 Å². The number of ether oxygens (including phenoxy) is 2. The van der Waals surface area contributed by atoms with Crippen molar-refractivity contribution in [2.24, 2.45) is 0 Å². The second-order valence-electron chi connectivity index (χ2n) is 6.09. The maximum Gasteiger partial charge on any atom is 0.341 e. The Hall–Kier alpha value is -3.12. The van der Waals surface area contributed by atoms with Gasteiger partial charge in [0.1, 0.15) is 16.3 Å². The summed E-state index contributed by atoms with van der Waals surface area (Å²) in [5.74, 6) is -0.178. The van der Waals surface area contributed by atoms with E-state index in [1.54, 1.807) is 13.0 Å². The van der Waals surface area contributed by atoms with E-state index in [4.69, 9.17) is 9.47 Å². The van der Waals surface area contributed by atoms with Gasteiger partial charge in [-0.1, -0.05) is 42.5 Å². The molecule has 0 spiro atoms. The molecule has 0 bridgehead atoms. The maximum atomic E-state index is 12.5. The Kier molecular flexibility index (Phi) is 6.45.